The van der Waals surface area contributed by atoms with Crippen molar-refractivity contribution in [3.05, 3.63) is 29.3 Å². The van der Waals surface area contributed by atoms with E-state index in [2.05, 4.69) is 28.9 Å². The quantitative estimate of drug-likeness (QED) is 0.866. The van der Waals surface area contributed by atoms with Crippen LogP contribution in [0.3, 0.4) is 0 Å². The lowest BCUT2D eigenvalue weighted by molar-refractivity contribution is -0.121. The Kier molecular flexibility index (Phi) is 5.27. The highest BCUT2D eigenvalue weighted by Crippen LogP contribution is 2.31. The number of hydrogen-bond donors (Lipinski definition) is 1. The number of hydrogen-bond acceptors (Lipinski definition) is 4. The van der Waals surface area contributed by atoms with Crippen LogP contribution in [0.25, 0.3) is 10.2 Å². The van der Waals surface area contributed by atoms with E-state index in [1.165, 1.54) is 23.6 Å². The molecule has 0 aliphatic carbocycles. The van der Waals surface area contributed by atoms with E-state index in [0.29, 0.717) is 0 Å². The van der Waals surface area contributed by atoms with Crippen LogP contribution in [0.2, 0.25) is 0 Å². The van der Waals surface area contributed by atoms with E-state index < -0.39 is 0 Å². The van der Waals surface area contributed by atoms with Crippen LogP contribution in [0.4, 0.5) is 0 Å². The van der Waals surface area contributed by atoms with E-state index >= 15 is 0 Å². The van der Waals surface area contributed by atoms with Gasteiger partial charge in [0, 0.05) is 13.5 Å². The minimum atomic E-state index is -0.333. The molecule has 2 heterocycles. The number of aromatic nitrogens is 1. The summed E-state index contributed by atoms with van der Waals surface area (Å²) in [5.74, 6) is -0.333. The number of carbonyl (C=O) groups excluding carboxylic acids is 2. The summed E-state index contributed by atoms with van der Waals surface area (Å²) >= 11 is 1.65. The first-order valence-corrected chi connectivity index (χ1v) is 7.80. The highest BCUT2D eigenvalue weighted by Gasteiger charge is 2.22. The SMILES string of the molecule is CC(N)=O.O=CN1CCCCC1c1ccc2scnc2c1. The van der Waals surface area contributed by atoms with Gasteiger partial charge in [0.05, 0.1) is 21.8 Å². The fourth-order valence-electron chi connectivity index (χ4n) is 2.52. The number of benzene rings is 1. The molecule has 0 bridgehead atoms. The molecule has 2 amide bonds. The van der Waals surface area contributed by atoms with E-state index in [9.17, 15) is 9.59 Å². The molecule has 5 nitrogen and oxygen atoms in total. The summed E-state index contributed by atoms with van der Waals surface area (Å²) in [6.45, 7) is 2.18. The first kappa shape index (κ1) is 15.4. The number of nitrogens with two attached hydrogens (primary N) is 1. The second-order valence-corrected chi connectivity index (χ2v) is 5.93. The number of primary amides is 1. The molecule has 112 valence electrons. The van der Waals surface area contributed by atoms with Crippen molar-refractivity contribution in [1.29, 1.82) is 0 Å². The van der Waals surface area contributed by atoms with Crippen molar-refractivity contribution in [2.75, 3.05) is 6.54 Å². The Bertz CT molecular complexity index is 622. The Labute approximate surface area is 127 Å². The molecule has 2 N–H and O–H groups in total. The van der Waals surface area contributed by atoms with E-state index in [4.69, 9.17) is 0 Å². The zero-order valence-corrected chi connectivity index (χ0v) is 12.8. The lowest BCUT2D eigenvalue weighted by atomic mass is 9.96. The van der Waals surface area contributed by atoms with Crippen LogP contribution in [0.15, 0.2) is 23.7 Å². The number of amides is 2. The summed E-state index contributed by atoms with van der Waals surface area (Å²) in [6.07, 6.45) is 4.36. The molecule has 0 saturated carbocycles. The molecule has 1 aromatic heterocycles. The van der Waals surface area contributed by atoms with Gasteiger partial charge in [-0.25, -0.2) is 4.98 Å². The maximum Gasteiger partial charge on any atom is 0.214 e. The van der Waals surface area contributed by atoms with Gasteiger partial charge in [-0.1, -0.05) is 6.07 Å². The maximum absolute atomic E-state index is 11.1. The molecule has 1 aliphatic rings. The number of carbonyl (C=O) groups is 2. The van der Waals surface area contributed by atoms with Gasteiger partial charge < -0.3 is 10.6 Å². The van der Waals surface area contributed by atoms with E-state index in [1.54, 1.807) is 11.3 Å². The molecule has 3 rings (SSSR count). The Morgan fingerprint density at radius 1 is 1.48 bits per heavy atom. The normalized spacial score (nSPS) is 18.0. The average molecular weight is 305 g/mol. The number of nitrogens with zero attached hydrogens (tertiary/aromatic N) is 2. The number of piperidine rings is 1. The third-order valence-electron chi connectivity index (χ3n) is 3.42. The predicted molar refractivity (Wildman–Crippen MR) is 83.9 cm³/mol. The second-order valence-electron chi connectivity index (χ2n) is 5.04. The molecule has 1 fully saturated rings. The molecule has 21 heavy (non-hydrogen) atoms. The average Bonchev–Trinajstić information content (AvgIpc) is 2.94. The largest absolute Gasteiger partial charge is 0.370 e. The van der Waals surface area contributed by atoms with Crippen LogP contribution in [0.5, 0.6) is 0 Å². The van der Waals surface area contributed by atoms with Gasteiger partial charge in [-0.05, 0) is 37.0 Å². The van der Waals surface area contributed by atoms with Crippen molar-refractivity contribution in [2.45, 2.75) is 32.2 Å². The van der Waals surface area contributed by atoms with Crippen LogP contribution in [-0.4, -0.2) is 28.7 Å². The van der Waals surface area contributed by atoms with E-state index in [1.807, 2.05) is 10.4 Å². The van der Waals surface area contributed by atoms with Gasteiger partial charge in [-0.2, -0.15) is 0 Å². The van der Waals surface area contributed by atoms with Crippen LogP contribution in [-0.2, 0) is 9.59 Å². The monoisotopic (exact) mass is 305 g/mol. The minimum absolute atomic E-state index is 0.243. The van der Waals surface area contributed by atoms with Crippen molar-refractivity contribution in [3.8, 4) is 0 Å². The number of thiazole rings is 1. The van der Waals surface area contributed by atoms with Gasteiger partial charge in [0.2, 0.25) is 12.3 Å². The van der Waals surface area contributed by atoms with Crippen molar-refractivity contribution in [3.63, 3.8) is 0 Å². The molecule has 0 spiro atoms. The van der Waals surface area contributed by atoms with Gasteiger partial charge in [0.25, 0.3) is 0 Å². The standard InChI is InChI=1S/C13H14N2OS.C2H5NO/c16-9-15-6-2-1-3-12(15)10-4-5-13-11(7-10)14-8-17-13;1-2(3)4/h4-5,7-9,12H,1-3,6H2;1H3,(H2,3,4). The van der Waals surface area contributed by atoms with Crippen molar-refractivity contribution >= 4 is 33.9 Å². The predicted octanol–water partition coefficient (Wildman–Crippen LogP) is 2.47. The van der Waals surface area contributed by atoms with Crippen LogP contribution < -0.4 is 5.73 Å². The molecule has 6 heteroatoms. The van der Waals surface area contributed by atoms with Gasteiger partial charge in [0.1, 0.15) is 0 Å². The summed E-state index contributed by atoms with van der Waals surface area (Å²) in [5, 5.41) is 0. The van der Waals surface area contributed by atoms with Crippen molar-refractivity contribution < 1.29 is 9.59 Å². The summed E-state index contributed by atoms with van der Waals surface area (Å²) in [6, 6.07) is 6.61. The highest BCUT2D eigenvalue weighted by molar-refractivity contribution is 7.16. The smallest absolute Gasteiger partial charge is 0.214 e. The Morgan fingerprint density at radius 2 is 2.24 bits per heavy atom. The number of rotatable bonds is 2. The van der Waals surface area contributed by atoms with Gasteiger partial charge >= 0.3 is 0 Å². The zero-order chi connectivity index (χ0) is 15.2. The summed E-state index contributed by atoms with van der Waals surface area (Å²) in [7, 11) is 0. The summed E-state index contributed by atoms with van der Waals surface area (Å²) < 4.78 is 1.21. The first-order chi connectivity index (χ1) is 10.1. The molecule has 1 atom stereocenters. The number of likely N-dealkylation sites (tertiary alicyclic amines) is 1. The fraction of sp³-hybridized carbons (Fsp3) is 0.400. The maximum atomic E-state index is 11.1. The molecular formula is C15H19N3O2S. The Balaban J connectivity index is 0.000000361. The summed E-state index contributed by atoms with van der Waals surface area (Å²) in [4.78, 5) is 26.5. The van der Waals surface area contributed by atoms with Crippen LogP contribution >= 0.6 is 11.3 Å². The third-order valence-corrected chi connectivity index (χ3v) is 4.23. The Morgan fingerprint density at radius 3 is 2.95 bits per heavy atom. The van der Waals surface area contributed by atoms with E-state index in [-0.39, 0.29) is 11.9 Å². The number of fused-ring (bicyclic) bond motifs is 1. The van der Waals surface area contributed by atoms with Crippen molar-refractivity contribution in [1.82, 2.24) is 9.88 Å². The molecule has 1 saturated heterocycles. The lowest BCUT2D eigenvalue weighted by Gasteiger charge is -2.33. The Hall–Kier alpha value is -1.95. The topological polar surface area (TPSA) is 76.3 Å². The van der Waals surface area contributed by atoms with Gasteiger partial charge in [-0.15, -0.1) is 11.3 Å². The van der Waals surface area contributed by atoms with Crippen LogP contribution in [0, 0.1) is 0 Å². The zero-order valence-electron chi connectivity index (χ0n) is 12.0. The third kappa shape index (κ3) is 4.01. The fourth-order valence-corrected chi connectivity index (χ4v) is 3.18. The highest BCUT2D eigenvalue weighted by atomic mass is 32.1. The molecule has 0 radical (unpaired) electrons. The first-order valence-electron chi connectivity index (χ1n) is 6.92. The second kappa shape index (κ2) is 7.17. The molecule has 1 aromatic carbocycles. The van der Waals surface area contributed by atoms with E-state index in [0.717, 1.165) is 31.3 Å². The molecular weight excluding hydrogens is 286 g/mol. The molecule has 1 unspecified atom stereocenters. The van der Waals surface area contributed by atoms with Gasteiger partial charge in [0.15, 0.2) is 0 Å². The van der Waals surface area contributed by atoms with Gasteiger partial charge in [-0.3, -0.25) is 9.59 Å². The molecule has 1 aliphatic heterocycles. The van der Waals surface area contributed by atoms with Crippen LogP contribution in [0.1, 0.15) is 37.8 Å². The van der Waals surface area contributed by atoms with Crippen molar-refractivity contribution in [2.24, 2.45) is 5.73 Å². The minimum Gasteiger partial charge on any atom is -0.370 e. The molecule has 2 aromatic rings. The lowest BCUT2D eigenvalue weighted by Crippen LogP contribution is -2.32. The summed E-state index contributed by atoms with van der Waals surface area (Å²) in [5.41, 5.74) is 8.60.